The Balaban J connectivity index is 3.05. The van der Waals surface area contributed by atoms with Gasteiger partial charge >= 0.3 is 0 Å². The van der Waals surface area contributed by atoms with E-state index in [-0.39, 0.29) is 0 Å². The van der Waals surface area contributed by atoms with Gasteiger partial charge in [0.15, 0.2) is 5.75 Å². The van der Waals surface area contributed by atoms with E-state index in [1.54, 1.807) is 0 Å². The Bertz CT molecular complexity index is 378. The van der Waals surface area contributed by atoms with Crippen LogP contribution in [0.5, 0.6) is 5.75 Å². The van der Waals surface area contributed by atoms with Crippen LogP contribution in [0.15, 0.2) is 0 Å². The van der Waals surface area contributed by atoms with Crippen LogP contribution in [-0.4, -0.2) is 14.9 Å². The summed E-state index contributed by atoms with van der Waals surface area (Å²) < 4.78 is 2.01. The van der Waals surface area contributed by atoms with Gasteiger partial charge in [0.05, 0.1) is 5.69 Å². The predicted octanol–water partition coefficient (Wildman–Crippen LogP) is 3.64. The summed E-state index contributed by atoms with van der Waals surface area (Å²) in [5, 5.41) is 14.9. The lowest BCUT2D eigenvalue weighted by atomic mass is 10.0. The first kappa shape index (κ1) is 15.1. The highest BCUT2D eigenvalue weighted by atomic mass is 16.3. The summed E-state index contributed by atoms with van der Waals surface area (Å²) in [5.41, 5.74) is 1.87. The van der Waals surface area contributed by atoms with Crippen LogP contribution in [0.3, 0.4) is 0 Å². The molecule has 1 heterocycles. The zero-order chi connectivity index (χ0) is 13.9. The third kappa shape index (κ3) is 4.04. The Labute approximate surface area is 111 Å². The summed E-state index contributed by atoms with van der Waals surface area (Å²) in [7, 11) is 0. The molecule has 0 saturated heterocycles. The lowest BCUT2D eigenvalue weighted by molar-refractivity contribution is 0.431. The Morgan fingerprint density at radius 2 is 1.50 bits per heavy atom. The molecule has 0 saturated carbocycles. The van der Waals surface area contributed by atoms with Crippen LogP contribution >= 0.6 is 0 Å². The first-order valence-corrected chi connectivity index (χ1v) is 7.08. The van der Waals surface area contributed by atoms with Crippen molar-refractivity contribution in [3.63, 3.8) is 0 Å². The fourth-order valence-electron chi connectivity index (χ4n) is 2.15. The predicted molar refractivity (Wildman–Crippen MR) is 75.8 cm³/mol. The van der Waals surface area contributed by atoms with Crippen molar-refractivity contribution in [2.45, 2.75) is 60.9 Å². The van der Waals surface area contributed by atoms with Gasteiger partial charge in [-0.15, -0.1) is 0 Å². The van der Waals surface area contributed by atoms with Gasteiger partial charge in [-0.1, -0.05) is 41.5 Å². The molecular formula is C15H28N2O. The molecule has 0 bridgehead atoms. The van der Waals surface area contributed by atoms with Crippen molar-refractivity contribution in [2.75, 3.05) is 0 Å². The van der Waals surface area contributed by atoms with Crippen LogP contribution in [0.4, 0.5) is 0 Å². The maximum absolute atomic E-state index is 10.3. The van der Waals surface area contributed by atoms with Crippen molar-refractivity contribution >= 4 is 0 Å². The molecule has 0 spiro atoms. The van der Waals surface area contributed by atoms with E-state index in [1.807, 2.05) is 4.68 Å². The molecule has 0 aliphatic heterocycles. The molecule has 104 valence electrons. The second-order valence-electron chi connectivity index (χ2n) is 6.51. The molecule has 0 amide bonds. The zero-order valence-corrected chi connectivity index (χ0v) is 12.7. The average Bonchev–Trinajstić information content (AvgIpc) is 2.44. The van der Waals surface area contributed by atoms with Gasteiger partial charge in [0.25, 0.3) is 0 Å². The highest BCUT2D eigenvalue weighted by Gasteiger charge is 2.19. The van der Waals surface area contributed by atoms with E-state index >= 15 is 0 Å². The molecule has 0 aromatic carbocycles. The molecule has 3 nitrogen and oxygen atoms in total. The minimum Gasteiger partial charge on any atom is -0.504 e. The smallest absolute Gasteiger partial charge is 0.160 e. The van der Waals surface area contributed by atoms with Gasteiger partial charge < -0.3 is 5.11 Å². The molecule has 3 heteroatoms. The van der Waals surface area contributed by atoms with Gasteiger partial charge in [-0.3, -0.25) is 4.68 Å². The van der Waals surface area contributed by atoms with Gasteiger partial charge in [-0.05, 0) is 30.6 Å². The largest absolute Gasteiger partial charge is 0.504 e. The Hall–Kier alpha value is -0.990. The monoisotopic (exact) mass is 252 g/mol. The number of aromatic nitrogens is 2. The van der Waals surface area contributed by atoms with E-state index in [9.17, 15) is 5.11 Å². The minimum atomic E-state index is 0.429. The van der Waals surface area contributed by atoms with Crippen molar-refractivity contribution in [3.05, 3.63) is 11.4 Å². The Morgan fingerprint density at radius 3 is 1.94 bits per heavy atom. The third-order valence-corrected chi connectivity index (χ3v) is 2.84. The minimum absolute atomic E-state index is 0.429. The van der Waals surface area contributed by atoms with Crippen molar-refractivity contribution < 1.29 is 5.11 Å². The number of aromatic hydroxyl groups is 1. The molecule has 0 radical (unpaired) electrons. The first-order valence-electron chi connectivity index (χ1n) is 7.08. The van der Waals surface area contributed by atoms with E-state index < -0.39 is 0 Å². The van der Waals surface area contributed by atoms with Gasteiger partial charge in [0.2, 0.25) is 0 Å². The molecule has 0 aliphatic carbocycles. The van der Waals surface area contributed by atoms with Gasteiger partial charge in [0, 0.05) is 6.54 Å². The molecule has 0 fully saturated rings. The molecule has 1 aromatic rings. The summed E-state index contributed by atoms with van der Waals surface area (Å²) in [4.78, 5) is 0. The zero-order valence-electron chi connectivity index (χ0n) is 12.7. The van der Waals surface area contributed by atoms with Crippen molar-refractivity contribution in [3.8, 4) is 5.75 Å². The number of rotatable bonds is 6. The fraction of sp³-hybridized carbons (Fsp3) is 0.800. The van der Waals surface area contributed by atoms with Crippen molar-refractivity contribution in [1.29, 1.82) is 0 Å². The maximum Gasteiger partial charge on any atom is 0.160 e. The molecule has 18 heavy (non-hydrogen) atoms. The molecular weight excluding hydrogens is 224 g/mol. The van der Waals surface area contributed by atoms with Crippen LogP contribution in [0.1, 0.15) is 52.9 Å². The summed E-state index contributed by atoms with van der Waals surface area (Å²) in [6.45, 7) is 13.9. The number of hydrogen-bond acceptors (Lipinski definition) is 2. The standard InChI is InChI=1S/C15H28N2O/c1-10(2)7-13-15(18)14(8-11(3)4)17(16-13)9-12(5)6/h10-12,18H,7-9H2,1-6H3. The molecule has 1 rings (SSSR count). The van der Waals surface area contributed by atoms with Crippen LogP contribution in [-0.2, 0) is 19.4 Å². The molecule has 0 unspecified atom stereocenters. The van der Waals surface area contributed by atoms with Gasteiger partial charge in [-0.2, -0.15) is 5.10 Å². The van der Waals surface area contributed by atoms with Crippen LogP contribution in [0, 0.1) is 17.8 Å². The Kier molecular flexibility index (Phi) is 5.24. The highest BCUT2D eigenvalue weighted by Crippen LogP contribution is 2.27. The molecule has 1 aromatic heterocycles. The van der Waals surface area contributed by atoms with E-state index in [4.69, 9.17) is 0 Å². The number of nitrogens with zero attached hydrogens (tertiary/aromatic N) is 2. The summed E-state index contributed by atoms with van der Waals surface area (Å²) >= 11 is 0. The molecule has 0 aliphatic rings. The van der Waals surface area contributed by atoms with E-state index in [0.29, 0.717) is 23.5 Å². The SMILES string of the molecule is CC(C)Cc1nn(CC(C)C)c(CC(C)C)c1O. The summed E-state index contributed by atoms with van der Waals surface area (Å²) in [5.74, 6) is 2.02. The average molecular weight is 252 g/mol. The topological polar surface area (TPSA) is 38.0 Å². The molecule has 0 atom stereocenters. The van der Waals surface area contributed by atoms with E-state index in [2.05, 4.69) is 46.6 Å². The van der Waals surface area contributed by atoms with Crippen molar-refractivity contribution in [2.24, 2.45) is 17.8 Å². The second-order valence-corrected chi connectivity index (χ2v) is 6.51. The van der Waals surface area contributed by atoms with E-state index in [1.165, 1.54) is 0 Å². The quantitative estimate of drug-likeness (QED) is 0.839. The summed E-state index contributed by atoms with van der Waals surface area (Å²) in [6.07, 6.45) is 1.74. The van der Waals surface area contributed by atoms with Gasteiger partial charge in [0.1, 0.15) is 5.69 Å². The molecule has 1 N–H and O–H groups in total. The van der Waals surface area contributed by atoms with Crippen LogP contribution in [0.25, 0.3) is 0 Å². The second kappa shape index (κ2) is 6.26. The lowest BCUT2D eigenvalue weighted by Gasteiger charge is -2.11. The van der Waals surface area contributed by atoms with Crippen LogP contribution < -0.4 is 0 Å². The normalized spacial score (nSPS) is 12.1. The Morgan fingerprint density at radius 1 is 0.944 bits per heavy atom. The maximum atomic E-state index is 10.3. The highest BCUT2D eigenvalue weighted by molar-refractivity contribution is 5.33. The first-order chi connectivity index (χ1) is 8.31. The van der Waals surface area contributed by atoms with Crippen LogP contribution in [0.2, 0.25) is 0 Å². The van der Waals surface area contributed by atoms with E-state index in [0.717, 1.165) is 30.8 Å². The van der Waals surface area contributed by atoms with Gasteiger partial charge in [-0.25, -0.2) is 0 Å². The third-order valence-electron chi connectivity index (χ3n) is 2.84. The summed E-state index contributed by atoms with van der Waals surface area (Å²) in [6, 6.07) is 0. The fourth-order valence-corrected chi connectivity index (χ4v) is 2.15. The lowest BCUT2D eigenvalue weighted by Crippen LogP contribution is -2.11. The number of hydrogen-bond donors (Lipinski definition) is 1. The van der Waals surface area contributed by atoms with Crippen molar-refractivity contribution in [1.82, 2.24) is 9.78 Å².